The SMILES string of the molecule is C#C[C@H]1CC(O)(c2ccc(C(F)(F)F)cc2)C[C@@H](/C(N)=C/N(N)CC(=O)N2CCCCC2)N1. The predicted molar refractivity (Wildman–Crippen MR) is 118 cm³/mol. The maximum Gasteiger partial charge on any atom is 0.416 e. The van der Waals surface area contributed by atoms with Gasteiger partial charge in [-0.1, -0.05) is 18.1 Å². The Morgan fingerprint density at radius 3 is 2.48 bits per heavy atom. The molecular weight excluding hydrogens is 435 g/mol. The summed E-state index contributed by atoms with van der Waals surface area (Å²) < 4.78 is 38.7. The highest BCUT2D eigenvalue weighted by Gasteiger charge is 2.41. The third-order valence-electron chi connectivity index (χ3n) is 6.18. The lowest BCUT2D eigenvalue weighted by atomic mass is 9.78. The van der Waals surface area contributed by atoms with Gasteiger partial charge in [-0.15, -0.1) is 6.42 Å². The van der Waals surface area contributed by atoms with Crippen LogP contribution in [0.4, 0.5) is 13.2 Å². The van der Waals surface area contributed by atoms with Gasteiger partial charge in [0.2, 0.25) is 5.91 Å². The number of alkyl halides is 3. The molecule has 2 heterocycles. The Bertz CT molecular complexity index is 906. The maximum atomic E-state index is 12.9. The van der Waals surface area contributed by atoms with Crippen molar-refractivity contribution in [3.05, 3.63) is 47.3 Å². The van der Waals surface area contributed by atoms with Gasteiger partial charge in [0.1, 0.15) is 6.54 Å². The van der Waals surface area contributed by atoms with Crippen LogP contribution in [0.15, 0.2) is 36.2 Å². The fourth-order valence-electron chi connectivity index (χ4n) is 4.37. The molecule has 3 rings (SSSR count). The molecule has 0 saturated carbocycles. The Morgan fingerprint density at radius 1 is 1.27 bits per heavy atom. The summed E-state index contributed by atoms with van der Waals surface area (Å²) in [4.78, 5) is 14.2. The average Bonchev–Trinajstić information content (AvgIpc) is 2.78. The van der Waals surface area contributed by atoms with Gasteiger partial charge in [0.05, 0.1) is 23.2 Å². The summed E-state index contributed by atoms with van der Waals surface area (Å²) in [6.07, 6.45) is 5.76. The lowest BCUT2D eigenvalue weighted by molar-refractivity contribution is -0.137. The van der Waals surface area contributed by atoms with Gasteiger partial charge in [-0.05, 0) is 37.0 Å². The molecule has 1 amide bonds. The zero-order valence-electron chi connectivity index (χ0n) is 18.3. The second-order valence-electron chi connectivity index (χ2n) is 8.70. The first-order valence-electron chi connectivity index (χ1n) is 10.9. The Kier molecular flexibility index (Phi) is 7.57. The predicted octanol–water partition coefficient (Wildman–Crippen LogP) is 1.64. The van der Waals surface area contributed by atoms with Crippen LogP contribution in [0.25, 0.3) is 0 Å². The van der Waals surface area contributed by atoms with Crippen molar-refractivity contribution in [2.75, 3.05) is 19.6 Å². The number of carbonyl (C=O) groups is 1. The summed E-state index contributed by atoms with van der Waals surface area (Å²) in [7, 11) is 0. The van der Waals surface area contributed by atoms with Crippen molar-refractivity contribution in [3.8, 4) is 12.3 Å². The number of carbonyl (C=O) groups excluding carboxylic acids is 1. The summed E-state index contributed by atoms with van der Waals surface area (Å²) >= 11 is 0. The fraction of sp³-hybridized carbons (Fsp3) is 0.522. The standard InChI is InChI=1S/C23H30F3N5O2/c1-2-18-12-22(33,16-6-8-17(9-7-16)23(24,25)26)13-20(29-18)19(27)14-31(28)15-21(32)30-10-4-3-5-11-30/h1,6-9,14,18,20,29,33H,3-5,10-13,15,27-28H2/b19-14-/t18-,20-,22?/m0/s1. The molecule has 0 radical (unpaired) electrons. The van der Waals surface area contributed by atoms with E-state index < -0.39 is 29.4 Å². The third kappa shape index (κ3) is 6.19. The van der Waals surface area contributed by atoms with E-state index in [1.54, 1.807) is 4.90 Å². The van der Waals surface area contributed by atoms with Crippen molar-refractivity contribution < 1.29 is 23.1 Å². The molecule has 0 aromatic heterocycles. The molecule has 1 aromatic rings. The van der Waals surface area contributed by atoms with E-state index in [1.165, 1.54) is 23.3 Å². The molecule has 0 aliphatic carbocycles. The summed E-state index contributed by atoms with van der Waals surface area (Å²) in [6, 6.07) is 3.22. The highest BCUT2D eigenvalue weighted by atomic mass is 19.4. The molecule has 2 aliphatic rings. The van der Waals surface area contributed by atoms with E-state index in [2.05, 4.69) is 11.2 Å². The molecular formula is C23H30F3N5O2. The van der Waals surface area contributed by atoms with Crippen molar-refractivity contribution in [3.63, 3.8) is 0 Å². The first-order valence-corrected chi connectivity index (χ1v) is 10.9. The minimum absolute atomic E-state index is 0.0465. The lowest BCUT2D eigenvalue weighted by Gasteiger charge is -2.41. The van der Waals surface area contributed by atoms with E-state index in [4.69, 9.17) is 18.0 Å². The normalized spacial score (nSPS) is 26.5. The van der Waals surface area contributed by atoms with Crippen molar-refractivity contribution in [2.24, 2.45) is 11.6 Å². The highest BCUT2D eigenvalue weighted by molar-refractivity contribution is 5.78. The zero-order valence-corrected chi connectivity index (χ0v) is 18.3. The molecule has 2 saturated heterocycles. The Hall–Kier alpha value is -2.74. The van der Waals surface area contributed by atoms with Crippen molar-refractivity contribution in [1.82, 2.24) is 15.2 Å². The first-order chi connectivity index (χ1) is 15.5. The molecule has 1 aromatic carbocycles. The number of amides is 1. The van der Waals surface area contributed by atoms with Crippen LogP contribution < -0.4 is 16.9 Å². The number of hydrazine groups is 1. The molecule has 6 N–H and O–H groups in total. The number of halogens is 3. The van der Waals surface area contributed by atoms with Crippen LogP contribution in [0, 0.1) is 12.3 Å². The van der Waals surface area contributed by atoms with Gasteiger partial charge in [0.25, 0.3) is 0 Å². The summed E-state index contributed by atoms with van der Waals surface area (Å²) in [5.74, 6) is 8.43. The molecule has 1 unspecified atom stereocenters. The monoisotopic (exact) mass is 465 g/mol. The molecule has 7 nitrogen and oxygen atoms in total. The summed E-state index contributed by atoms with van der Waals surface area (Å²) in [6.45, 7) is 1.37. The number of terminal acetylenes is 1. The third-order valence-corrected chi connectivity index (χ3v) is 6.18. The average molecular weight is 466 g/mol. The van der Waals surface area contributed by atoms with Crippen LogP contribution in [-0.4, -0.2) is 52.6 Å². The Morgan fingerprint density at radius 2 is 1.91 bits per heavy atom. The second kappa shape index (κ2) is 10.0. The van der Waals surface area contributed by atoms with E-state index in [-0.39, 0.29) is 31.0 Å². The molecule has 3 atom stereocenters. The number of hydrogen-bond donors (Lipinski definition) is 4. The Balaban J connectivity index is 1.72. The van der Waals surface area contributed by atoms with Gasteiger partial charge >= 0.3 is 6.18 Å². The molecule has 10 heteroatoms. The number of nitrogens with one attached hydrogen (secondary N) is 1. The molecule has 33 heavy (non-hydrogen) atoms. The number of benzene rings is 1. The summed E-state index contributed by atoms with van der Waals surface area (Å²) in [5, 5.41) is 15.6. The smallest absolute Gasteiger partial charge is 0.400 e. The van der Waals surface area contributed by atoms with Crippen LogP contribution >= 0.6 is 0 Å². The number of hydrogen-bond acceptors (Lipinski definition) is 6. The summed E-state index contributed by atoms with van der Waals surface area (Å²) in [5.41, 5.74) is 4.51. The largest absolute Gasteiger partial charge is 0.416 e. The van der Waals surface area contributed by atoms with Gasteiger partial charge in [0.15, 0.2) is 0 Å². The van der Waals surface area contributed by atoms with Gasteiger partial charge in [0, 0.05) is 37.8 Å². The Labute approximate surface area is 191 Å². The van der Waals surface area contributed by atoms with Crippen LogP contribution in [-0.2, 0) is 16.6 Å². The van der Waals surface area contributed by atoms with Crippen LogP contribution in [0.5, 0.6) is 0 Å². The van der Waals surface area contributed by atoms with E-state index >= 15 is 0 Å². The lowest BCUT2D eigenvalue weighted by Crippen LogP contribution is -2.54. The van der Waals surface area contributed by atoms with Gasteiger partial charge in [-0.25, -0.2) is 5.84 Å². The van der Waals surface area contributed by atoms with Gasteiger partial charge < -0.3 is 20.7 Å². The van der Waals surface area contributed by atoms with Crippen molar-refractivity contribution in [1.29, 1.82) is 0 Å². The number of nitrogens with two attached hydrogens (primary N) is 2. The van der Waals surface area contributed by atoms with Crippen LogP contribution in [0.3, 0.4) is 0 Å². The maximum absolute atomic E-state index is 12.9. The van der Waals surface area contributed by atoms with Gasteiger partial charge in [-0.2, -0.15) is 13.2 Å². The number of rotatable bonds is 5. The number of nitrogens with zero attached hydrogens (tertiary/aromatic N) is 2. The van der Waals surface area contributed by atoms with E-state index in [0.717, 1.165) is 31.4 Å². The first kappa shape index (κ1) is 24.9. The van der Waals surface area contributed by atoms with Crippen LogP contribution in [0.1, 0.15) is 43.2 Å². The second-order valence-corrected chi connectivity index (χ2v) is 8.70. The molecule has 0 spiro atoms. The van der Waals surface area contributed by atoms with E-state index in [1.807, 2.05) is 0 Å². The minimum Gasteiger partial charge on any atom is -0.400 e. The zero-order chi connectivity index (χ0) is 24.2. The van der Waals surface area contributed by atoms with E-state index in [0.29, 0.717) is 18.7 Å². The molecule has 2 fully saturated rings. The number of aliphatic hydroxyl groups is 1. The topological polar surface area (TPSA) is 108 Å². The quantitative estimate of drug-likeness (QED) is 0.299. The molecule has 2 aliphatic heterocycles. The van der Waals surface area contributed by atoms with Crippen LogP contribution in [0.2, 0.25) is 0 Å². The molecule has 0 bridgehead atoms. The van der Waals surface area contributed by atoms with Crippen molar-refractivity contribution in [2.45, 2.75) is 56.0 Å². The number of likely N-dealkylation sites (tertiary alicyclic amines) is 1. The van der Waals surface area contributed by atoms with Crippen molar-refractivity contribution >= 4 is 5.91 Å². The molecule has 180 valence electrons. The fourth-order valence-corrected chi connectivity index (χ4v) is 4.37. The highest BCUT2D eigenvalue weighted by Crippen LogP contribution is 2.37. The van der Waals surface area contributed by atoms with Gasteiger partial charge in [-0.3, -0.25) is 10.1 Å². The van der Waals surface area contributed by atoms with E-state index in [9.17, 15) is 23.1 Å². The minimum atomic E-state index is -4.47. The number of piperidine rings is 2.